The first-order chi connectivity index (χ1) is 15.3. The Hall–Kier alpha value is -3.38. The maximum absolute atomic E-state index is 12.7. The van der Waals surface area contributed by atoms with Crippen molar-refractivity contribution in [2.45, 2.75) is 44.3 Å². The second-order valence-corrected chi connectivity index (χ2v) is 9.01. The van der Waals surface area contributed by atoms with E-state index in [1.54, 1.807) is 31.2 Å². The number of aromatic nitrogens is 2. The first-order valence-electron chi connectivity index (χ1n) is 10.3. The molecule has 1 atom stereocenters. The summed E-state index contributed by atoms with van der Waals surface area (Å²) in [5, 5.41) is 16.0. The molecule has 2 amide bonds. The Kier molecular flexibility index (Phi) is 5.89. The third kappa shape index (κ3) is 4.46. The number of nitrogens with one attached hydrogen (secondary N) is 2. The van der Waals surface area contributed by atoms with Gasteiger partial charge in [0.05, 0.1) is 17.2 Å². The molecule has 4 rings (SSSR count). The summed E-state index contributed by atoms with van der Waals surface area (Å²) in [5.41, 5.74) is 0.835. The fourth-order valence-electron chi connectivity index (χ4n) is 3.49. The molecule has 1 aromatic carbocycles. The Labute approximate surface area is 189 Å². The second kappa shape index (κ2) is 8.63. The van der Waals surface area contributed by atoms with Crippen molar-refractivity contribution in [3.05, 3.63) is 47.2 Å². The highest BCUT2D eigenvalue weighted by molar-refractivity contribution is 7.99. The van der Waals surface area contributed by atoms with Crippen LogP contribution in [0.3, 0.4) is 0 Å². The number of carbonyl (C=O) groups excluding carboxylic acids is 2. The van der Waals surface area contributed by atoms with Gasteiger partial charge in [-0.15, -0.1) is 0 Å². The quantitative estimate of drug-likeness (QED) is 0.413. The Bertz CT molecular complexity index is 1230. The Morgan fingerprint density at radius 1 is 1.25 bits per heavy atom. The van der Waals surface area contributed by atoms with Crippen LogP contribution in [0.2, 0.25) is 0 Å². The number of nitrogens with zero attached hydrogens (tertiary/aromatic N) is 3. The van der Waals surface area contributed by atoms with Crippen LogP contribution in [0.1, 0.15) is 41.4 Å². The van der Waals surface area contributed by atoms with Gasteiger partial charge in [-0.25, -0.2) is 4.98 Å². The third-order valence-electron chi connectivity index (χ3n) is 5.63. The molecule has 8 nitrogen and oxygen atoms in total. The molecule has 0 radical (unpaired) electrons. The van der Waals surface area contributed by atoms with Crippen LogP contribution in [0.5, 0.6) is 0 Å². The van der Waals surface area contributed by atoms with Gasteiger partial charge in [-0.2, -0.15) is 10.2 Å². The lowest BCUT2D eigenvalue weighted by Gasteiger charge is -2.22. The van der Waals surface area contributed by atoms with E-state index in [0.717, 1.165) is 30.2 Å². The zero-order chi connectivity index (χ0) is 22.9. The molecule has 0 aliphatic heterocycles. The SMILES string of the molecule is Cc1oc2nc(SCC(=O)NC(C)(C#N)C3CC3)nc(NC(=O)c3ccccc3)c2c1C. The molecule has 1 fully saturated rings. The number of anilines is 1. The van der Waals surface area contributed by atoms with Crippen molar-refractivity contribution in [2.24, 2.45) is 5.92 Å². The maximum atomic E-state index is 12.7. The molecule has 1 aliphatic carbocycles. The smallest absolute Gasteiger partial charge is 0.256 e. The number of carbonyl (C=O) groups is 2. The number of hydrogen-bond acceptors (Lipinski definition) is 7. The van der Waals surface area contributed by atoms with Crippen LogP contribution >= 0.6 is 11.8 Å². The van der Waals surface area contributed by atoms with Crippen molar-refractivity contribution in [1.29, 1.82) is 5.26 Å². The van der Waals surface area contributed by atoms with E-state index in [1.807, 2.05) is 19.9 Å². The van der Waals surface area contributed by atoms with Crippen LogP contribution in [0.25, 0.3) is 11.1 Å². The van der Waals surface area contributed by atoms with Crippen molar-refractivity contribution >= 4 is 40.5 Å². The Morgan fingerprint density at radius 3 is 2.62 bits per heavy atom. The number of nitriles is 1. The molecule has 2 N–H and O–H groups in total. The van der Waals surface area contributed by atoms with Gasteiger partial charge in [-0.1, -0.05) is 30.0 Å². The van der Waals surface area contributed by atoms with Crippen LogP contribution in [0.15, 0.2) is 39.9 Å². The number of thioether (sulfide) groups is 1. The van der Waals surface area contributed by atoms with Crippen LogP contribution in [-0.2, 0) is 4.79 Å². The Morgan fingerprint density at radius 2 is 1.97 bits per heavy atom. The van der Waals surface area contributed by atoms with E-state index in [-0.39, 0.29) is 23.5 Å². The van der Waals surface area contributed by atoms with E-state index in [4.69, 9.17) is 4.42 Å². The van der Waals surface area contributed by atoms with E-state index in [0.29, 0.717) is 33.4 Å². The molecule has 9 heteroatoms. The van der Waals surface area contributed by atoms with E-state index >= 15 is 0 Å². The summed E-state index contributed by atoms with van der Waals surface area (Å²) in [6, 6.07) is 11.1. The molecule has 0 spiro atoms. The number of hydrogen-bond donors (Lipinski definition) is 2. The molecule has 32 heavy (non-hydrogen) atoms. The molecule has 0 bridgehead atoms. The third-order valence-corrected chi connectivity index (χ3v) is 6.48. The molecule has 3 aromatic rings. The summed E-state index contributed by atoms with van der Waals surface area (Å²) in [4.78, 5) is 34.1. The standard InChI is InChI=1S/C23H23N5O3S/c1-13-14(2)31-21-18(13)19(25-20(30)15-7-5-4-6-8-15)26-22(27-21)32-11-17(29)28-23(3,12-24)16-9-10-16/h4-8,16H,9-11H2,1-3H3,(H,28,29)(H,25,26,27,30). The first-order valence-corrected chi connectivity index (χ1v) is 11.3. The summed E-state index contributed by atoms with van der Waals surface area (Å²) >= 11 is 1.12. The average molecular weight is 450 g/mol. The normalized spacial score (nSPS) is 15.1. The predicted octanol–water partition coefficient (Wildman–Crippen LogP) is 3.99. The zero-order valence-corrected chi connectivity index (χ0v) is 18.9. The summed E-state index contributed by atoms with van der Waals surface area (Å²) in [6.45, 7) is 5.45. The monoisotopic (exact) mass is 449 g/mol. The minimum absolute atomic E-state index is 0.0419. The lowest BCUT2D eigenvalue weighted by molar-refractivity contribution is -0.119. The van der Waals surface area contributed by atoms with Crippen LogP contribution in [0, 0.1) is 31.1 Å². The maximum Gasteiger partial charge on any atom is 0.256 e. The van der Waals surface area contributed by atoms with Gasteiger partial charge in [0.25, 0.3) is 5.91 Å². The summed E-state index contributed by atoms with van der Waals surface area (Å²) in [7, 11) is 0. The number of rotatable bonds is 7. The van der Waals surface area contributed by atoms with E-state index in [9.17, 15) is 14.9 Å². The minimum atomic E-state index is -0.855. The molecule has 1 saturated carbocycles. The summed E-state index contributed by atoms with van der Waals surface area (Å²) < 4.78 is 5.75. The zero-order valence-electron chi connectivity index (χ0n) is 18.1. The van der Waals surface area contributed by atoms with Gasteiger partial charge in [0.1, 0.15) is 17.1 Å². The van der Waals surface area contributed by atoms with Crippen molar-refractivity contribution in [3.8, 4) is 6.07 Å². The largest absolute Gasteiger partial charge is 0.443 e. The van der Waals surface area contributed by atoms with Gasteiger partial charge in [0, 0.05) is 11.1 Å². The highest BCUT2D eigenvalue weighted by Gasteiger charge is 2.43. The number of amides is 2. The predicted molar refractivity (Wildman–Crippen MR) is 121 cm³/mol. The molecule has 164 valence electrons. The van der Waals surface area contributed by atoms with Gasteiger partial charge >= 0.3 is 0 Å². The first kappa shape index (κ1) is 21.8. The molecule has 1 unspecified atom stereocenters. The van der Waals surface area contributed by atoms with E-state index in [1.165, 1.54) is 0 Å². The second-order valence-electron chi connectivity index (χ2n) is 8.06. The van der Waals surface area contributed by atoms with Crippen LogP contribution in [-0.4, -0.2) is 33.1 Å². The molecule has 0 saturated heterocycles. The van der Waals surface area contributed by atoms with Gasteiger partial charge in [0.2, 0.25) is 11.6 Å². The van der Waals surface area contributed by atoms with Gasteiger partial charge < -0.3 is 15.1 Å². The van der Waals surface area contributed by atoms with Crippen molar-refractivity contribution in [3.63, 3.8) is 0 Å². The molecular formula is C23H23N5O3S. The number of aryl methyl sites for hydroxylation is 2. The average Bonchev–Trinajstić information content (AvgIpc) is 3.60. The lowest BCUT2D eigenvalue weighted by atomic mass is 9.98. The fraction of sp³-hybridized carbons (Fsp3) is 0.348. The van der Waals surface area contributed by atoms with Gasteiger partial charge in [0.15, 0.2) is 5.16 Å². The van der Waals surface area contributed by atoms with Crippen molar-refractivity contribution in [1.82, 2.24) is 15.3 Å². The molecule has 2 aromatic heterocycles. The van der Waals surface area contributed by atoms with Gasteiger partial charge in [-0.3, -0.25) is 9.59 Å². The lowest BCUT2D eigenvalue weighted by Crippen LogP contribution is -2.47. The highest BCUT2D eigenvalue weighted by Crippen LogP contribution is 2.39. The number of furan rings is 1. The number of benzene rings is 1. The van der Waals surface area contributed by atoms with E-state index in [2.05, 4.69) is 26.7 Å². The molecular weight excluding hydrogens is 426 g/mol. The topological polar surface area (TPSA) is 121 Å². The minimum Gasteiger partial charge on any atom is -0.443 e. The Balaban J connectivity index is 1.55. The summed E-state index contributed by atoms with van der Waals surface area (Å²) in [5.74, 6) is 0.686. The van der Waals surface area contributed by atoms with Crippen LogP contribution < -0.4 is 10.6 Å². The van der Waals surface area contributed by atoms with Gasteiger partial charge in [-0.05, 0) is 51.7 Å². The summed E-state index contributed by atoms with van der Waals surface area (Å²) in [6.07, 6.45) is 1.89. The van der Waals surface area contributed by atoms with Crippen molar-refractivity contribution in [2.75, 3.05) is 11.1 Å². The highest BCUT2D eigenvalue weighted by atomic mass is 32.2. The van der Waals surface area contributed by atoms with Crippen molar-refractivity contribution < 1.29 is 14.0 Å². The molecule has 2 heterocycles. The van der Waals surface area contributed by atoms with E-state index < -0.39 is 5.54 Å². The molecule has 1 aliphatic rings. The number of fused-ring (bicyclic) bond motifs is 1. The fourth-order valence-corrected chi connectivity index (χ4v) is 4.13. The van der Waals surface area contributed by atoms with Crippen LogP contribution in [0.4, 0.5) is 5.82 Å².